The molecule has 0 bridgehead atoms. The third-order valence-corrected chi connectivity index (χ3v) is 7.06. The minimum atomic E-state index is -5.07. The number of fused-ring (bicyclic) bond motifs is 1. The number of rotatable bonds is 3. The van der Waals surface area contributed by atoms with E-state index >= 15 is 0 Å². The van der Waals surface area contributed by atoms with Crippen LogP contribution >= 0.6 is 23.2 Å². The zero-order valence-corrected chi connectivity index (χ0v) is 24.2. The lowest BCUT2D eigenvalue weighted by atomic mass is 9.95. The number of alkyl halides is 6. The second kappa shape index (κ2) is 11.6. The Morgan fingerprint density at radius 2 is 1.64 bits per heavy atom. The number of benzene rings is 2. The molecular formula is C26H20Cl2F7N5O4. The van der Waals surface area contributed by atoms with Crippen LogP contribution in [0.25, 0.3) is 16.7 Å². The Hall–Kier alpha value is -3.89. The number of hydrogen-bond acceptors (Lipinski definition) is 5. The summed E-state index contributed by atoms with van der Waals surface area (Å²) in [7, 11) is 0.667. The van der Waals surface area contributed by atoms with E-state index in [1.54, 1.807) is 4.98 Å². The maximum absolute atomic E-state index is 14.5. The van der Waals surface area contributed by atoms with E-state index in [9.17, 15) is 45.1 Å². The first-order chi connectivity index (χ1) is 20.2. The van der Waals surface area contributed by atoms with Crippen LogP contribution in [0.3, 0.4) is 0 Å². The molecule has 9 nitrogen and oxygen atoms in total. The summed E-state index contributed by atoms with van der Waals surface area (Å²) in [6.45, 7) is 4.59. The molecule has 0 saturated carbocycles. The number of aromatic amines is 1. The van der Waals surface area contributed by atoms with Crippen LogP contribution in [-0.2, 0) is 35.6 Å². The van der Waals surface area contributed by atoms with Crippen LogP contribution in [0.2, 0.25) is 10.0 Å². The van der Waals surface area contributed by atoms with Gasteiger partial charge in [-0.15, -0.1) is 0 Å². The van der Waals surface area contributed by atoms with Crippen molar-refractivity contribution >= 4 is 40.1 Å². The Morgan fingerprint density at radius 1 is 1.00 bits per heavy atom. The Labute approximate surface area is 252 Å². The summed E-state index contributed by atoms with van der Waals surface area (Å²) in [5, 5.41) is 1.48. The van der Waals surface area contributed by atoms with Crippen LogP contribution in [0.15, 0.2) is 46.0 Å². The lowest BCUT2D eigenvalue weighted by molar-refractivity contribution is -0.165. The molecule has 4 aromatic rings. The second-order valence-corrected chi connectivity index (χ2v) is 10.9. The molecule has 3 heterocycles. The highest BCUT2D eigenvalue weighted by Gasteiger charge is 2.40. The van der Waals surface area contributed by atoms with Crippen LogP contribution in [0.1, 0.15) is 30.9 Å². The lowest BCUT2D eigenvalue weighted by Crippen LogP contribution is -2.41. The number of nitrogens with one attached hydrogen (secondary N) is 1. The number of nitrogens with zero attached hydrogens (tertiary/aromatic N) is 4. The SMILES string of the molecule is CC1(C)CON(Cc2ccccc2Cl)C1=O.Cn1c(C(F)(F)F)cc(=O)n(-c2c(F)cc(Cl)c3nc(C(F)(F)F)[nH]c23)c1=O. The van der Waals surface area contributed by atoms with Crippen LogP contribution in [-0.4, -0.2) is 36.7 Å². The second-order valence-electron chi connectivity index (χ2n) is 10.1. The van der Waals surface area contributed by atoms with E-state index in [1.165, 1.54) is 5.06 Å². The van der Waals surface area contributed by atoms with E-state index in [2.05, 4.69) is 4.98 Å². The molecule has 1 aliphatic heterocycles. The van der Waals surface area contributed by atoms with Crippen molar-refractivity contribution in [1.82, 2.24) is 24.2 Å². The number of hydrogen-bond donors (Lipinski definition) is 1. The van der Waals surface area contributed by atoms with Gasteiger partial charge in [0.05, 0.1) is 29.1 Å². The van der Waals surface area contributed by atoms with Gasteiger partial charge in [0.2, 0.25) is 5.82 Å². The predicted molar refractivity (Wildman–Crippen MR) is 144 cm³/mol. The van der Waals surface area contributed by atoms with E-state index in [4.69, 9.17) is 28.0 Å². The molecule has 44 heavy (non-hydrogen) atoms. The smallest absolute Gasteiger partial charge is 0.332 e. The zero-order valence-electron chi connectivity index (χ0n) is 22.7. The lowest BCUT2D eigenvalue weighted by Gasteiger charge is -2.16. The van der Waals surface area contributed by atoms with Crippen LogP contribution in [0.5, 0.6) is 0 Å². The molecule has 1 aliphatic rings. The normalized spacial score (nSPS) is 15.1. The fraction of sp³-hybridized carbons (Fsp3) is 0.308. The molecule has 0 radical (unpaired) electrons. The Morgan fingerprint density at radius 3 is 2.18 bits per heavy atom. The molecule has 1 amide bonds. The quantitative estimate of drug-likeness (QED) is 0.275. The van der Waals surface area contributed by atoms with E-state index in [0.29, 0.717) is 31.3 Å². The number of carbonyl (C=O) groups is 1. The van der Waals surface area contributed by atoms with Gasteiger partial charge in [0, 0.05) is 18.1 Å². The third-order valence-electron chi connectivity index (χ3n) is 6.41. The molecule has 0 spiro atoms. The highest BCUT2D eigenvalue weighted by molar-refractivity contribution is 6.35. The van der Waals surface area contributed by atoms with Gasteiger partial charge in [-0.1, -0.05) is 41.4 Å². The van der Waals surface area contributed by atoms with E-state index in [1.807, 2.05) is 38.1 Å². The largest absolute Gasteiger partial charge is 0.449 e. The number of H-pyrrole nitrogens is 1. The standard InChI is InChI=1S/C14H6ClF7N4O2.C12H14ClNO2/c1-25-6(13(17,18)19)3-7(27)26(12(25)28)10-5(16)2-4(15)8-9(10)24-11(23-8)14(20,21)22;1-12(2)8-16-14(11(12)15)7-9-5-3-4-6-10(9)13/h2-3H,1H3,(H,23,24);3-6H,7-8H2,1-2H3. The molecule has 18 heteroatoms. The van der Waals surface area contributed by atoms with Gasteiger partial charge in [0.25, 0.3) is 11.5 Å². The minimum absolute atomic E-state index is 0.00687. The molecule has 2 aromatic heterocycles. The van der Waals surface area contributed by atoms with Crippen molar-refractivity contribution in [3.05, 3.63) is 90.2 Å². The molecule has 236 valence electrons. The topological polar surface area (TPSA) is 102 Å². The molecule has 1 saturated heterocycles. The van der Waals surface area contributed by atoms with Crippen molar-refractivity contribution in [2.45, 2.75) is 32.7 Å². The molecule has 5 rings (SSSR count). The fourth-order valence-electron chi connectivity index (χ4n) is 4.14. The summed E-state index contributed by atoms with van der Waals surface area (Å²) in [5.74, 6) is -3.02. The first-order valence-electron chi connectivity index (χ1n) is 12.3. The molecule has 1 fully saturated rings. The van der Waals surface area contributed by atoms with Crippen molar-refractivity contribution in [1.29, 1.82) is 0 Å². The summed E-state index contributed by atoms with van der Waals surface area (Å²) in [5.41, 5.74) is -6.84. The Kier molecular flexibility index (Phi) is 8.67. The van der Waals surface area contributed by atoms with Crippen molar-refractivity contribution in [3.63, 3.8) is 0 Å². The maximum atomic E-state index is 14.5. The highest BCUT2D eigenvalue weighted by Crippen LogP contribution is 2.35. The van der Waals surface area contributed by atoms with Gasteiger partial charge in [-0.2, -0.15) is 26.3 Å². The van der Waals surface area contributed by atoms with E-state index in [0.717, 1.165) is 5.56 Å². The summed E-state index contributed by atoms with van der Waals surface area (Å²) < 4.78 is 91.9. The number of amides is 1. The van der Waals surface area contributed by atoms with Crippen molar-refractivity contribution in [2.24, 2.45) is 12.5 Å². The van der Waals surface area contributed by atoms with Crippen LogP contribution in [0.4, 0.5) is 30.7 Å². The van der Waals surface area contributed by atoms with Gasteiger partial charge in [0.1, 0.15) is 16.9 Å². The van der Waals surface area contributed by atoms with Crippen molar-refractivity contribution < 1.29 is 40.4 Å². The van der Waals surface area contributed by atoms with Crippen molar-refractivity contribution in [3.8, 4) is 5.69 Å². The maximum Gasteiger partial charge on any atom is 0.449 e. The summed E-state index contributed by atoms with van der Waals surface area (Å²) in [6.07, 6.45) is -10.1. The zero-order chi connectivity index (χ0) is 32.9. The predicted octanol–water partition coefficient (Wildman–Crippen LogP) is 5.88. The number of hydroxylamine groups is 2. The monoisotopic (exact) mass is 669 g/mol. The number of carbonyl (C=O) groups excluding carboxylic acids is 1. The van der Waals surface area contributed by atoms with Gasteiger partial charge in [-0.05, 0) is 31.5 Å². The van der Waals surface area contributed by atoms with E-state index in [-0.39, 0.29) is 21.1 Å². The van der Waals surface area contributed by atoms with Crippen molar-refractivity contribution in [2.75, 3.05) is 6.61 Å². The number of imidazole rings is 1. The molecule has 0 atom stereocenters. The molecule has 0 aliphatic carbocycles. The van der Waals surface area contributed by atoms with Gasteiger partial charge in [-0.25, -0.2) is 23.8 Å². The van der Waals surface area contributed by atoms with Gasteiger partial charge >= 0.3 is 18.0 Å². The fourth-order valence-corrected chi connectivity index (χ4v) is 4.57. The number of aromatic nitrogens is 4. The van der Waals surface area contributed by atoms with Gasteiger partial charge < -0.3 is 4.98 Å². The molecule has 2 aromatic carbocycles. The van der Waals surface area contributed by atoms with Gasteiger partial charge in [-0.3, -0.25) is 19.0 Å². The number of halogens is 9. The Balaban J connectivity index is 0.000000233. The summed E-state index contributed by atoms with van der Waals surface area (Å²) in [6, 6.07) is 7.97. The van der Waals surface area contributed by atoms with Crippen LogP contribution in [0, 0.1) is 11.2 Å². The van der Waals surface area contributed by atoms with E-state index < -0.39 is 68.1 Å². The summed E-state index contributed by atoms with van der Waals surface area (Å²) in [4.78, 5) is 46.6. The third kappa shape index (κ3) is 6.32. The average Bonchev–Trinajstić information content (AvgIpc) is 3.47. The highest BCUT2D eigenvalue weighted by atomic mass is 35.5. The van der Waals surface area contributed by atoms with Gasteiger partial charge in [0.15, 0.2) is 5.82 Å². The first kappa shape index (κ1) is 33.0. The average molecular weight is 670 g/mol. The Bertz CT molecular complexity index is 1880. The summed E-state index contributed by atoms with van der Waals surface area (Å²) >= 11 is 11.7. The molecule has 0 unspecified atom stereocenters. The minimum Gasteiger partial charge on any atom is -0.332 e. The molecule has 1 N–H and O–H groups in total. The van der Waals surface area contributed by atoms with Crippen LogP contribution < -0.4 is 11.2 Å². The molecular weight excluding hydrogens is 650 g/mol. The first-order valence-corrected chi connectivity index (χ1v) is 13.0.